The molecule has 1 N–H and O–H groups in total. The lowest BCUT2D eigenvalue weighted by Crippen LogP contribution is -2.22. The first kappa shape index (κ1) is 19.4. The standard InChI is InChI=1S/C16H34N2O2/c1-5-6-10-15(2)20-16(19)11-7-8-12-17-13-9-14-18(3)4/h15,17H,5-14H2,1-4H3. The van der Waals surface area contributed by atoms with Crippen LogP contribution in [0.2, 0.25) is 0 Å². The molecule has 20 heavy (non-hydrogen) atoms. The third-order valence-electron chi connectivity index (χ3n) is 3.24. The molecule has 0 saturated carbocycles. The van der Waals surface area contributed by atoms with Crippen LogP contribution >= 0.6 is 0 Å². The Morgan fingerprint density at radius 2 is 1.85 bits per heavy atom. The third-order valence-corrected chi connectivity index (χ3v) is 3.24. The van der Waals surface area contributed by atoms with Crippen molar-refractivity contribution in [2.24, 2.45) is 0 Å². The summed E-state index contributed by atoms with van der Waals surface area (Å²) < 4.78 is 5.36. The van der Waals surface area contributed by atoms with Crippen LogP contribution in [0.4, 0.5) is 0 Å². The zero-order valence-corrected chi connectivity index (χ0v) is 13.9. The predicted octanol–water partition coefficient (Wildman–Crippen LogP) is 2.82. The number of nitrogens with one attached hydrogen (secondary N) is 1. The van der Waals surface area contributed by atoms with Gasteiger partial charge in [0, 0.05) is 6.42 Å². The first-order valence-corrected chi connectivity index (χ1v) is 8.11. The van der Waals surface area contributed by atoms with Crippen molar-refractivity contribution in [1.29, 1.82) is 0 Å². The van der Waals surface area contributed by atoms with Crippen LogP contribution < -0.4 is 5.32 Å². The maximum Gasteiger partial charge on any atom is 0.306 e. The molecule has 0 aliphatic heterocycles. The Morgan fingerprint density at radius 3 is 2.50 bits per heavy atom. The summed E-state index contributed by atoms with van der Waals surface area (Å²) in [6.45, 7) is 7.30. The van der Waals surface area contributed by atoms with Gasteiger partial charge in [-0.15, -0.1) is 0 Å². The van der Waals surface area contributed by atoms with E-state index < -0.39 is 0 Å². The molecule has 0 spiro atoms. The van der Waals surface area contributed by atoms with Gasteiger partial charge < -0.3 is 15.0 Å². The SMILES string of the molecule is CCCCC(C)OC(=O)CCCCNCCCN(C)C. The number of carbonyl (C=O) groups excluding carboxylic acids is 1. The molecule has 1 unspecified atom stereocenters. The molecular formula is C16H34N2O2. The molecule has 0 rings (SSSR count). The molecule has 1 atom stereocenters. The highest BCUT2D eigenvalue weighted by Gasteiger charge is 2.08. The molecule has 0 bridgehead atoms. The van der Waals surface area contributed by atoms with E-state index in [1.807, 2.05) is 6.92 Å². The van der Waals surface area contributed by atoms with Gasteiger partial charge in [-0.3, -0.25) is 4.79 Å². The highest BCUT2D eigenvalue weighted by Crippen LogP contribution is 2.06. The zero-order valence-electron chi connectivity index (χ0n) is 13.9. The van der Waals surface area contributed by atoms with Crippen LogP contribution in [-0.4, -0.2) is 50.7 Å². The topological polar surface area (TPSA) is 41.6 Å². The lowest BCUT2D eigenvalue weighted by molar-refractivity contribution is -0.148. The van der Waals surface area contributed by atoms with Crippen LogP contribution in [0.5, 0.6) is 0 Å². The fourth-order valence-corrected chi connectivity index (χ4v) is 2.00. The molecule has 0 fully saturated rings. The summed E-state index contributed by atoms with van der Waals surface area (Å²) in [6.07, 6.45) is 7.02. The van der Waals surface area contributed by atoms with Gasteiger partial charge in [0.25, 0.3) is 0 Å². The first-order valence-electron chi connectivity index (χ1n) is 8.11. The van der Waals surface area contributed by atoms with Gasteiger partial charge in [0.1, 0.15) is 0 Å². The molecule has 120 valence electrons. The van der Waals surface area contributed by atoms with Gasteiger partial charge in [0.05, 0.1) is 6.10 Å². The van der Waals surface area contributed by atoms with Crippen LogP contribution in [0.3, 0.4) is 0 Å². The van der Waals surface area contributed by atoms with Gasteiger partial charge in [0.2, 0.25) is 0 Å². The average molecular weight is 286 g/mol. The molecule has 0 heterocycles. The van der Waals surface area contributed by atoms with E-state index in [-0.39, 0.29) is 12.1 Å². The summed E-state index contributed by atoms with van der Waals surface area (Å²) in [6, 6.07) is 0. The molecule has 0 aliphatic carbocycles. The van der Waals surface area contributed by atoms with E-state index in [4.69, 9.17) is 4.74 Å². The fraction of sp³-hybridized carbons (Fsp3) is 0.938. The number of esters is 1. The van der Waals surface area contributed by atoms with Crippen molar-refractivity contribution < 1.29 is 9.53 Å². The van der Waals surface area contributed by atoms with E-state index in [1.165, 1.54) is 6.42 Å². The van der Waals surface area contributed by atoms with Crippen molar-refractivity contribution in [2.45, 2.75) is 64.9 Å². The second-order valence-electron chi connectivity index (χ2n) is 5.81. The van der Waals surface area contributed by atoms with Crippen molar-refractivity contribution >= 4 is 5.97 Å². The molecule has 0 aromatic carbocycles. The molecule has 0 aliphatic rings. The van der Waals surface area contributed by atoms with E-state index in [9.17, 15) is 4.79 Å². The molecule has 0 aromatic rings. The largest absolute Gasteiger partial charge is 0.463 e. The van der Waals surface area contributed by atoms with E-state index in [1.54, 1.807) is 0 Å². The molecule has 4 nitrogen and oxygen atoms in total. The van der Waals surface area contributed by atoms with E-state index in [0.717, 1.165) is 51.7 Å². The Balaban J connectivity index is 3.31. The normalized spacial score (nSPS) is 12.7. The number of nitrogens with zero attached hydrogens (tertiary/aromatic N) is 1. The van der Waals surface area contributed by atoms with Crippen molar-refractivity contribution in [3.63, 3.8) is 0 Å². The maximum atomic E-state index is 11.6. The predicted molar refractivity (Wildman–Crippen MR) is 85.0 cm³/mol. The minimum Gasteiger partial charge on any atom is -0.463 e. The van der Waals surface area contributed by atoms with Crippen LogP contribution in [-0.2, 0) is 9.53 Å². The first-order chi connectivity index (χ1) is 9.56. The van der Waals surface area contributed by atoms with E-state index >= 15 is 0 Å². The highest BCUT2D eigenvalue weighted by atomic mass is 16.5. The number of ether oxygens (including phenoxy) is 1. The maximum absolute atomic E-state index is 11.6. The van der Waals surface area contributed by atoms with Crippen LogP contribution in [0.25, 0.3) is 0 Å². The number of hydrogen-bond donors (Lipinski definition) is 1. The van der Waals surface area contributed by atoms with Gasteiger partial charge in [0.15, 0.2) is 0 Å². The number of unbranched alkanes of at least 4 members (excludes halogenated alkanes) is 2. The fourth-order valence-electron chi connectivity index (χ4n) is 2.00. The van der Waals surface area contributed by atoms with Gasteiger partial charge in [-0.1, -0.05) is 19.8 Å². The molecule has 0 aromatic heterocycles. The molecule has 0 radical (unpaired) electrons. The minimum atomic E-state index is -0.0405. The van der Waals surface area contributed by atoms with Crippen LogP contribution in [0.1, 0.15) is 58.8 Å². The van der Waals surface area contributed by atoms with Gasteiger partial charge >= 0.3 is 5.97 Å². The van der Waals surface area contributed by atoms with E-state index in [2.05, 4.69) is 31.2 Å². The number of rotatable bonds is 13. The van der Waals surface area contributed by atoms with Crippen molar-refractivity contribution in [1.82, 2.24) is 10.2 Å². The second-order valence-corrected chi connectivity index (χ2v) is 5.81. The van der Waals surface area contributed by atoms with Gasteiger partial charge in [-0.05, 0) is 66.3 Å². The highest BCUT2D eigenvalue weighted by molar-refractivity contribution is 5.69. The summed E-state index contributed by atoms with van der Waals surface area (Å²) in [5.74, 6) is -0.0405. The number of hydrogen-bond acceptors (Lipinski definition) is 4. The van der Waals surface area contributed by atoms with Crippen molar-refractivity contribution in [2.75, 3.05) is 33.7 Å². The third kappa shape index (κ3) is 13.8. The Hall–Kier alpha value is -0.610. The summed E-state index contributed by atoms with van der Waals surface area (Å²) in [4.78, 5) is 13.8. The van der Waals surface area contributed by atoms with Gasteiger partial charge in [-0.25, -0.2) is 0 Å². The Morgan fingerprint density at radius 1 is 1.15 bits per heavy atom. The van der Waals surface area contributed by atoms with Crippen LogP contribution in [0.15, 0.2) is 0 Å². The Labute approximate surface area is 125 Å². The van der Waals surface area contributed by atoms with Crippen molar-refractivity contribution in [3.05, 3.63) is 0 Å². The van der Waals surface area contributed by atoms with Crippen molar-refractivity contribution in [3.8, 4) is 0 Å². The van der Waals surface area contributed by atoms with Crippen LogP contribution in [0, 0.1) is 0 Å². The summed E-state index contributed by atoms with van der Waals surface area (Å²) >= 11 is 0. The lowest BCUT2D eigenvalue weighted by atomic mass is 10.2. The second kappa shape index (κ2) is 13.4. The van der Waals surface area contributed by atoms with E-state index in [0.29, 0.717) is 6.42 Å². The smallest absolute Gasteiger partial charge is 0.306 e. The Kier molecular flexibility index (Phi) is 13.0. The monoisotopic (exact) mass is 286 g/mol. The Bertz CT molecular complexity index is 233. The number of carbonyl (C=O) groups is 1. The minimum absolute atomic E-state index is 0.0405. The summed E-state index contributed by atoms with van der Waals surface area (Å²) in [7, 11) is 4.18. The summed E-state index contributed by atoms with van der Waals surface area (Å²) in [5, 5.41) is 3.40. The molecular weight excluding hydrogens is 252 g/mol. The zero-order chi connectivity index (χ0) is 15.2. The quantitative estimate of drug-likeness (QED) is 0.417. The lowest BCUT2D eigenvalue weighted by Gasteiger charge is -2.12. The summed E-state index contributed by atoms with van der Waals surface area (Å²) in [5.41, 5.74) is 0. The van der Waals surface area contributed by atoms with Gasteiger partial charge in [-0.2, -0.15) is 0 Å². The molecule has 4 heteroatoms. The average Bonchev–Trinajstić information content (AvgIpc) is 2.39. The molecule has 0 amide bonds. The molecule has 0 saturated heterocycles.